The molecule has 0 radical (unpaired) electrons. The maximum absolute atomic E-state index is 12.6. The van der Waals surface area contributed by atoms with E-state index in [1.807, 2.05) is 35.1 Å². The van der Waals surface area contributed by atoms with Crippen molar-refractivity contribution in [2.24, 2.45) is 0 Å². The Morgan fingerprint density at radius 3 is 2.54 bits per heavy atom. The first kappa shape index (κ1) is 18.7. The summed E-state index contributed by atoms with van der Waals surface area (Å²) in [6.45, 7) is 5.38. The number of aryl methyl sites for hydroxylation is 1. The van der Waals surface area contributed by atoms with Crippen molar-refractivity contribution in [3.63, 3.8) is 0 Å². The molecule has 2 aliphatic rings. The van der Waals surface area contributed by atoms with Crippen LogP contribution in [0.1, 0.15) is 53.2 Å². The molecule has 2 saturated heterocycles. The van der Waals surface area contributed by atoms with Crippen LogP contribution in [0.5, 0.6) is 0 Å². The van der Waals surface area contributed by atoms with Crippen LogP contribution in [0.4, 0.5) is 0 Å². The Hall–Kier alpha value is -2.70. The first-order valence-electron chi connectivity index (χ1n) is 10.1. The molecule has 4 heterocycles. The quantitative estimate of drug-likeness (QED) is 0.814. The number of carbonyl (C=O) groups is 2. The summed E-state index contributed by atoms with van der Waals surface area (Å²) in [5, 5.41) is 4.21. The minimum atomic E-state index is 0.0755. The van der Waals surface area contributed by atoms with Gasteiger partial charge in [0, 0.05) is 50.2 Å². The predicted molar refractivity (Wildman–Crippen MR) is 105 cm³/mol. The van der Waals surface area contributed by atoms with E-state index in [1.54, 1.807) is 17.1 Å². The highest BCUT2D eigenvalue weighted by Crippen LogP contribution is 2.26. The van der Waals surface area contributed by atoms with Crippen LogP contribution in [0.3, 0.4) is 0 Å². The van der Waals surface area contributed by atoms with Gasteiger partial charge in [-0.3, -0.25) is 19.3 Å². The molecule has 7 nitrogen and oxygen atoms in total. The van der Waals surface area contributed by atoms with Crippen LogP contribution in [0.15, 0.2) is 30.7 Å². The standard InChI is InChI=1S/C21H27N5O2/c1-16-11-23-26(13-16)15-20(27)25-10-4-5-18(14-25)19-7-6-17(12-22-19)21(28)24-8-2-3-9-24/h6-7,11-13,18H,2-5,8-10,14-15H2,1H3. The number of likely N-dealkylation sites (tertiary alicyclic amines) is 2. The molecule has 1 unspecified atom stereocenters. The summed E-state index contributed by atoms with van der Waals surface area (Å²) in [5.74, 6) is 0.383. The second-order valence-electron chi connectivity index (χ2n) is 7.87. The summed E-state index contributed by atoms with van der Waals surface area (Å²) >= 11 is 0. The number of pyridine rings is 1. The number of hydrogen-bond acceptors (Lipinski definition) is 4. The predicted octanol–water partition coefficient (Wildman–Crippen LogP) is 2.23. The van der Waals surface area contributed by atoms with Crippen molar-refractivity contribution in [2.45, 2.75) is 45.1 Å². The van der Waals surface area contributed by atoms with Crippen molar-refractivity contribution in [2.75, 3.05) is 26.2 Å². The Balaban J connectivity index is 1.38. The van der Waals surface area contributed by atoms with Gasteiger partial charge in [0.25, 0.3) is 5.91 Å². The van der Waals surface area contributed by atoms with Crippen molar-refractivity contribution in [3.8, 4) is 0 Å². The Kier molecular flexibility index (Phi) is 5.41. The SMILES string of the molecule is Cc1cnn(CC(=O)N2CCCC(c3ccc(C(=O)N4CCCC4)cn3)C2)c1. The first-order chi connectivity index (χ1) is 13.6. The zero-order chi connectivity index (χ0) is 19.5. The van der Waals surface area contributed by atoms with Crippen molar-refractivity contribution in [1.82, 2.24) is 24.6 Å². The van der Waals surface area contributed by atoms with E-state index >= 15 is 0 Å². The molecule has 0 bridgehead atoms. The lowest BCUT2D eigenvalue weighted by Crippen LogP contribution is -2.41. The molecular formula is C21H27N5O2. The fourth-order valence-corrected chi connectivity index (χ4v) is 4.11. The number of carbonyl (C=O) groups excluding carboxylic acids is 2. The Morgan fingerprint density at radius 1 is 1.07 bits per heavy atom. The van der Waals surface area contributed by atoms with Crippen LogP contribution in [-0.4, -0.2) is 62.6 Å². The number of hydrogen-bond donors (Lipinski definition) is 0. The van der Waals surface area contributed by atoms with E-state index in [9.17, 15) is 9.59 Å². The van der Waals surface area contributed by atoms with Gasteiger partial charge in [-0.05, 0) is 50.3 Å². The summed E-state index contributed by atoms with van der Waals surface area (Å²) in [4.78, 5) is 33.5. The topological polar surface area (TPSA) is 71.3 Å². The van der Waals surface area contributed by atoms with Crippen molar-refractivity contribution < 1.29 is 9.59 Å². The van der Waals surface area contributed by atoms with Gasteiger partial charge in [0.15, 0.2) is 0 Å². The van der Waals surface area contributed by atoms with Crippen molar-refractivity contribution in [3.05, 3.63) is 47.5 Å². The lowest BCUT2D eigenvalue weighted by Gasteiger charge is -2.32. The Bertz CT molecular complexity index is 839. The average molecular weight is 381 g/mol. The van der Waals surface area contributed by atoms with E-state index in [2.05, 4.69) is 10.1 Å². The molecule has 2 aromatic heterocycles. The molecule has 148 valence electrons. The van der Waals surface area contributed by atoms with Gasteiger partial charge >= 0.3 is 0 Å². The highest BCUT2D eigenvalue weighted by molar-refractivity contribution is 5.94. The Labute approximate surface area is 165 Å². The molecule has 0 saturated carbocycles. The fourth-order valence-electron chi connectivity index (χ4n) is 4.11. The number of piperidine rings is 1. The summed E-state index contributed by atoms with van der Waals surface area (Å²) < 4.78 is 1.69. The normalized spacial score (nSPS) is 19.8. The van der Waals surface area contributed by atoms with E-state index in [-0.39, 0.29) is 24.3 Å². The third kappa shape index (κ3) is 4.08. The molecule has 1 atom stereocenters. The molecular weight excluding hydrogens is 354 g/mol. The van der Waals surface area contributed by atoms with Gasteiger partial charge in [-0.25, -0.2) is 0 Å². The fraction of sp³-hybridized carbons (Fsp3) is 0.524. The molecule has 0 N–H and O–H groups in total. The third-order valence-electron chi connectivity index (χ3n) is 5.68. The molecule has 28 heavy (non-hydrogen) atoms. The minimum absolute atomic E-state index is 0.0755. The number of nitrogens with zero attached hydrogens (tertiary/aromatic N) is 5. The molecule has 2 amide bonds. The second kappa shape index (κ2) is 8.12. The molecule has 2 aromatic rings. The molecule has 0 spiro atoms. The van der Waals surface area contributed by atoms with E-state index in [4.69, 9.17) is 0 Å². The maximum Gasteiger partial charge on any atom is 0.255 e. The highest BCUT2D eigenvalue weighted by atomic mass is 16.2. The summed E-state index contributed by atoms with van der Waals surface area (Å²) in [6, 6.07) is 3.84. The van der Waals surface area contributed by atoms with Crippen LogP contribution in [0, 0.1) is 6.92 Å². The Morgan fingerprint density at radius 2 is 1.86 bits per heavy atom. The molecule has 4 rings (SSSR count). The van der Waals surface area contributed by atoms with Gasteiger partial charge in [-0.2, -0.15) is 5.10 Å². The molecule has 2 aliphatic heterocycles. The van der Waals surface area contributed by atoms with E-state index in [1.165, 1.54) is 0 Å². The zero-order valence-electron chi connectivity index (χ0n) is 16.4. The molecule has 0 aromatic carbocycles. The largest absolute Gasteiger partial charge is 0.340 e. The lowest BCUT2D eigenvalue weighted by molar-refractivity contribution is -0.133. The van der Waals surface area contributed by atoms with Crippen LogP contribution < -0.4 is 0 Å². The van der Waals surface area contributed by atoms with Gasteiger partial charge in [0.2, 0.25) is 5.91 Å². The minimum Gasteiger partial charge on any atom is -0.340 e. The maximum atomic E-state index is 12.6. The van der Waals surface area contributed by atoms with Crippen LogP contribution in [0.25, 0.3) is 0 Å². The monoisotopic (exact) mass is 381 g/mol. The van der Waals surface area contributed by atoms with Gasteiger partial charge in [0.05, 0.1) is 11.8 Å². The van der Waals surface area contributed by atoms with Gasteiger partial charge in [0.1, 0.15) is 6.54 Å². The van der Waals surface area contributed by atoms with Gasteiger partial charge in [-0.15, -0.1) is 0 Å². The van der Waals surface area contributed by atoms with E-state index in [0.29, 0.717) is 12.1 Å². The highest BCUT2D eigenvalue weighted by Gasteiger charge is 2.26. The van der Waals surface area contributed by atoms with E-state index < -0.39 is 0 Å². The summed E-state index contributed by atoms with van der Waals surface area (Å²) in [7, 11) is 0. The van der Waals surface area contributed by atoms with Gasteiger partial charge < -0.3 is 9.80 Å². The van der Waals surface area contributed by atoms with Crippen LogP contribution in [-0.2, 0) is 11.3 Å². The third-order valence-corrected chi connectivity index (χ3v) is 5.68. The average Bonchev–Trinajstić information content (AvgIpc) is 3.40. The van der Waals surface area contributed by atoms with Crippen molar-refractivity contribution in [1.29, 1.82) is 0 Å². The van der Waals surface area contributed by atoms with Gasteiger partial charge in [-0.1, -0.05) is 0 Å². The lowest BCUT2D eigenvalue weighted by atomic mass is 9.94. The molecule has 0 aliphatic carbocycles. The first-order valence-corrected chi connectivity index (χ1v) is 10.1. The van der Waals surface area contributed by atoms with Crippen LogP contribution in [0.2, 0.25) is 0 Å². The second-order valence-corrected chi connectivity index (χ2v) is 7.87. The number of rotatable bonds is 4. The molecule has 2 fully saturated rings. The van der Waals surface area contributed by atoms with Crippen LogP contribution >= 0.6 is 0 Å². The smallest absolute Gasteiger partial charge is 0.255 e. The van der Waals surface area contributed by atoms with Crippen molar-refractivity contribution >= 4 is 11.8 Å². The molecule has 7 heteroatoms. The summed E-state index contributed by atoms with van der Waals surface area (Å²) in [5.41, 5.74) is 2.67. The number of aromatic nitrogens is 3. The van der Waals surface area contributed by atoms with E-state index in [0.717, 1.165) is 56.6 Å². The summed E-state index contributed by atoms with van der Waals surface area (Å²) in [6.07, 6.45) is 9.49. The number of amides is 2. The zero-order valence-corrected chi connectivity index (χ0v) is 16.4.